The van der Waals surface area contributed by atoms with Gasteiger partial charge in [-0.25, -0.2) is 9.18 Å². The molecule has 0 fully saturated rings. The summed E-state index contributed by atoms with van der Waals surface area (Å²) in [5.41, 5.74) is 1.41. The van der Waals surface area contributed by atoms with E-state index in [0.29, 0.717) is 22.0 Å². The van der Waals surface area contributed by atoms with E-state index in [4.69, 9.17) is 0 Å². The first-order chi connectivity index (χ1) is 10.6. The first kappa shape index (κ1) is 14.0. The second kappa shape index (κ2) is 5.44. The molecule has 0 bridgehead atoms. The smallest absolute Gasteiger partial charge is 0.337 e. The molecule has 1 aromatic heterocycles. The number of halogens is 1. The Bertz CT molecular complexity index is 913. The Balaban J connectivity index is 2.08. The molecule has 0 aliphatic carbocycles. The minimum Gasteiger partial charge on any atom is -0.465 e. The maximum Gasteiger partial charge on any atom is 0.337 e. The fourth-order valence-corrected chi connectivity index (χ4v) is 2.29. The average molecular weight is 297 g/mol. The van der Waals surface area contributed by atoms with Crippen molar-refractivity contribution in [1.29, 1.82) is 0 Å². The van der Waals surface area contributed by atoms with E-state index in [1.54, 1.807) is 36.4 Å². The lowest BCUT2D eigenvalue weighted by Gasteiger charge is -2.05. The van der Waals surface area contributed by atoms with Crippen molar-refractivity contribution in [2.24, 2.45) is 0 Å². The molecule has 0 saturated heterocycles. The van der Waals surface area contributed by atoms with E-state index in [1.807, 2.05) is 0 Å². The second-order valence-electron chi connectivity index (χ2n) is 4.81. The van der Waals surface area contributed by atoms with Crippen LogP contribution in [0.1, 0.15) is 10.4 Å². The van der Waals surface area contributed by atoms with Gasteiger partial charge in [-0.3, -0.25) is 4.79 Å². The van der Waals surface area contributed by atoms with Crippen LogP contribution in [0.2, 0.25) is 0 Å². The lowest BCUT2D eigenvalue weighted by atomic mass is 10.1. The van der Waals surface area contributed by atoms with Gasteiger partial charge in [-0.05, 0) is 41.3 Å². The van der Waals surface area contributed by atoms with E-state index < -0.39 is 11.8 Å². The van der Waals surface area contributed by atoms with E-state index >= 15 is 0 Å². The van der Waals surface area contributed by atoms with Crippen LogP contribution in [0.15, 0.2) is 53.3 Å². The number of pyridine rings is 1. The summed E-state index contributed by atoms with van der Waals surface area (Å²) in [6, 6.07) is 12.5. The number of ether oxygens (including phenoxy) is 1. The summed E-state index contributed by atoms with van der Waals surface area (Å²) < 4.78 is 17.8. The first-order valence-electron chi connectivity index (χ1n) is 6.60. The van der Waals surface area contributed by atoms with Gasteiger partial charge in [0.15, 0.2) is 0 Å². The van der Waals surface area contributed by atoms with E-state index in [-0.39, 0.29) is 5.56 Å². The van der Waals surface area contributed by atoms with E-state index in [0.717, 1.165) is 5.56 Å². The molecule has 0 spiro atoms. The number of H-pyrrole nitrogens is 1. The minimum atomic E-state index is -0.451. The van der Waals surface area contributed by atoms with Crippen LogP contribution in [-0.4, -0.2) is 18.1 Å². The highest BCUT2D eigenvalue weighted by Gasteiger charge is 2.08. The number of nitrogens with one attached hydrogen (secondary N) is 1. The van der Waals surface area contributed by atoms with Crippen molar-refractivity contribution in [1.82, 2.24) is 4.98 Å². The number of benzene rings is 2. The number of hydrogen-bond acceptors (Lipinski definition) is 3. The van der Waals surface area contributed by atoms with Crippen molar-refractivity contribution < 1.29 is 13.9 Å². The molecule has 2 aromatic carbocycles. The Kier molecular flexibility index (Phi) is 3.47. The van der Waals surface area contributed by atoms with Crippen molar-refractivity contribution >= 4 is 16.7 Å². The molecule has 1 heterocycles. The van der Waals surface area contributed by atoms with Crippen LogP contribution in [0.4, 0.5) is 4.39 Å². The van der Waals surface area contributed by atoms with E-state index in [2.05, 4.69) is 9.72 Å². The Hall–Kier alpha value is -2.95. The molecule has 3 aromatic rings. The Labute approximate surface area is 125 Å². The molecule has 22 heavy (non-hydrogen) atoms. The highest BCUT2D eigenvalue weighted by molar-refractivity contribution is 5.90. The molecule has 3 rings (SSSR count). The van der Waals surface area contributed by atoms with Gasteiger partial charge in [-0.1, -0.05) is 18.2 Å². The highest BCUT2D eigenvalue weighted by atomic mass is 19.1. The molecule has 1 N–H and O–H groups in total. The maximum absolute atomic E-state index is 13.2. The maximum atomic E-state index is 13.2. The fraction of sp³-hybridized carbons (Fsp3) is 0.0588. The number of rotatable bonds is 2. The number of carbonyl (C=O) groups is 1. The summed E-state index contributed by atoms with van der Waals surface area (Å²) >= 11 is 0. The zero-order valence-corrected chi connectivity index (χ0v) is 11.7. The van der Waals surface area contributed by atoms with Crippen molar-refractivity contribution in [3.8, 4) is 11.3 Å². The number of fused-ring (bicyclic) bond motifs is 1. The third-order valence-corrected chi connectivity index (χ3v) is 3.43. The number of carbonyl (C=O) groups excluding carboxylic acids is 1. The second-order valence-corrected chi connectivity index (χ2v) is 4.81. The molecule has 0 radical (unpaired) electrons. The third kappa shape index (κ3) is 2.48. The van der Waals surface area contributed by atoms with Crippen LogP contribution in [0, 0.1) is 5.82 Å². The number of esters is 1. The van der Waals surface area contributed by atoms with Gasteiger partial charge in [-0.15, -0.1) is 0 Å². The van der Waals surface area contributed by atoms with Crippen LogP contribution < -0.4 is 5.56 Å². The molecular weight excluding hydrogens is 285 g/mol. The predicted octanol–water partition coefficient (Wildman–Crippen LogP) is 3.12. The van der Waals surface area contributed by atoms with Crippen LogP contribution >= 0.6 is 0 Å². The van der Waals surface area contributed by atoms with E-state index in [1.165, 1.54) is 19.2 Å². The topological polar surface area (TPSA) is 59.2 Å². The molecule has 0 atom stereocenters. The zero-order valence-electron chi connectivity index (χ0n) is 11.7. The number of aromatic nitrogens is 1. The van der Waals surface area contributed by atoms with Gasteiger partial charge >= 0.3 is 5.97 Å². The van der Waals surface area contributed by atoms with Gasteiger partial charge in [0.25, 0.3) is 5.56 Å². The SMILES string of the molecule is COC(=O)c1ccc(-c2cc3ccc(F)cc3c(=O)[nH]2)cc1. The Morgan fingerprint density at radius 1 is 1.09 bits per heavy atom. The summed E-state index contributed by atoms with van der Waals surface area (Å²) in [4.78, 5) is 26.2. The predicted molar refractivity (Wildman–Crippen MR) is 81.3 cm³/mol. The lowest BCUT2D eigenvalue weighted by Crippen LogP contribution is -2.07. The fourth-order valence-electron chi connectivity index (χ4n) is 2.29. The van der Waals surface area contributed by atoms with Crippen LogP contribution in [-0.2, 0) is 4.74 Å². The largest absolute Gasteiger partial charge is 0.465 e. The molecule has 4 nitrogen and oxygen atoms in total. The van der Waals surface area contributed by atoms with Crippen molar-refractivity contribution in [3.63, 3.8) is 0 Å². The van der Waals surface area contributed by atoms with Crippen molar-refractivity contribution in [3.05, 3.63) is 70.3 Å². The van der Waals surface area contributed by atoms with E-state index in [9.17, 15) is 14.0 Å². The average Bonchev–Trinajstić information content (AvgIpc) is 2.55. The van der Waals surface area contributed by atoms with Gasteiger partial charge < -0.3 is 9.72 Å². The summed E-state index contributed by atoms with van der Waals surface area (Å²) in [5.74, 6) is -0.873. The first-order valence-corrected chi connectivity index (χ1v) is 6.60. The molecule has 0 amide bonds. The Morgan fingerprint density at radius 3 is 2.50 bits per heavy atom. The number of aromatic amines is 1. The van der Waals surface area contributed by atoms with Gasteiger partial charge in [0.1, 0.15) is 5.82 Å². The molecule has 0 saturated carbocycles. The standard InChI is InChI=1S/C17H12FNO3/c1-22-17(21)11-4-2-10(3-5-11)15-8-12-6-7-13(18)9-14(12)16(20)19-15/h2-9H,1H3,(H,19,20). The quantitative estimate of drug-likeness (QED) is 0.739. The monoisotopic (exact) mass is 297 g/mol. The highest BCUT2D eigenvalue weighted by Crippen LogP contribution is 2.21. The molecule has 5 heteroatoms. The lowest BCUT2D eigenvalue weighted by molar-refractivity contribution is 0.0601. The summed E-state index contributed by atoms with van der Waals surface area (Å²) in [6.07, 6.45) is 0. The van der Waals surface area contributed by atoms with Crippen LogP contribution in [0.3, 0.4) is 0 Å². The van der Waals surface area contributed by atoms with Gasteiger partial charge in [-0.2, -0.15) is 0 Å². The number of hydrogen-bond donors (Lipinski definition) is 1. The van der Waals surface area contributed by atoms with Gasteiger partial charge in [0, 0.05) is 11.1 Å². The minimum absolute atomic E-state index is 0.301. The molecular formula is C17H12FNO3. The molecule has 0 aliphatic heterocycles. The number of methoxy groups -OCH3 is 1. The van der Waals surface area contributed by atoms with Gasteiger partial charge in [0.05, 0.1) is 12.7 Å². The van der Waals surface area contributed by atoms with Crippen molar-refractivity contribution in [2.75, 3.05) is 7.11 Å². The normalized spacial score (nSPS) is 10.6. The summed E-state index contributed by atoms with van der Waals surface area (Å²) in [7, 11) is 1.32. The van der Waals surface area contributed by atoms with Crippen LogP contribution in [0.25, 0.3) is 22.0 Å². The third-order valence-electron chi connectivity index (χ3n) is 3.43. The summed E-state index contributed by atoms with van der Waals surface area (Å²) in [5, 5.41) is 0.951. The van der Waals surface area contributed by atoms with Crippen LogP contribution in [0.5, 0.6) is 0 Å². The Morgan fingerprint density at radius 2 is 1.82 bits per heavy atom. The van der Waals surface area contributed by atoms with Gasteiger partial charge in [0.2, 0.25) is 0 Å². The zero-order chi connectivity index (χ0) is 15.7. The summed E-state index contributed by atoms with van der Waals surface area (Å²) in [6.45, 7) is 0. The molecule has 110 valence electrons. The molecule has 0 aliphatic rings. The molecule has 0 unspecified atom stereocenters. The van der Waals surface area contributed by atoms with Crippen molar-refractivity contribution in [2.45, 2.75) is 0 Å².